The summed E-state index contributed by atoms with van der Waals surface area (Å²) in [6.45, 7) is 13.0. The molecule has 1 saturated heterocycles. The SMILES string of the molecule is C=CC[Si](C)(C)CC1CC[C@]2(CCCC[C@H]2C=C)N1C(=O)c1ccccc1. The summed E-state index contributed by atoms with van der Waals surface area (Å²) in [6.07, 6.45) is 11.3. The van der Waals surface area contributed by atoms with Gasteiger partial charge in [-0.05, 0) is 55.8 Å². The highest BCUT2D eigenvalue weighted by atomic mass is 28.3. The van der Waals surface area contributed by atoms with E-state index >= 15 is 0 Å². The molecule has 27 heavy (non-hydrogen) atoms. The van der Waals surface area contributed by atoms with Crippen molar-refractivity contribution in [2.24, 2.45) is 5.92 Å². The van der Waals surface area contributed by atoms with Gasteiger partial charge in [0.15, 0.2) is 0 Å². The number of benzene rings is 1. The topological polar surface area (TPSA) is 20.3 Å². The molecule has 1 heterocycles. The van der Waals surface area contributed by atoms with Gasteiger partial charge in [-0.3, -0.25) is 4.79 Å². The average molecular weight is 382 g/mol. The zero-order chi connectivity index (χ0) is 19.5. The van der Waals surface area contributed by atoms with Crippen LogP contribution in [0.25, 0.3) is 0 Å². The summed E-state index contributed by atoms with van der Waals surface area (Å²) in [6, 6.07) is 12.5. The van der Waals surface area contributed by atoms with Crippen LogP contribution in [0.5, 0.6) is 0 Å². The first-order valence-corrected chi connectivity index (χ1v) is 14.0. The first-order valence-electron chi connectivity index (χ1n) is 10.6. The Balaban J connectivity index is 1.98. The summed E-state index contributed by atoms with van der Waals surface area (Å²) >= 11 is 0. The number of carbonyl (C=O) groups excluding carboxylic acids is 1. The van der Waals surface area contributed by atoms with Crippen molar-refractivity contribution in [3.05, 3.63) is 61.2 Å². The Hall–Kier alpha value is -1.61. The van der Waals surface area contributed by atoms with Crippen LogP contribution in [0.4, 0.5) is 0 Å². The van der Waals surface area contributed by atoms with Gasteiger partial charge in [0.2, 0.25) is 0 Å². The maximum atomic E-state index is 13.7. The lowest BCUT2D eigenvalue weighted by Gasteiger charge is -2.49. The van der Waals surface area contributed by atoms with Gasteiger partial charge in [0.25, 0.3) is 5.91 Å². The maximum Gasteiger partial charge on any atom is 0.254 e. The second kappa shape index (κ2) is 8.18. The van der Waals surface area contributed by atoms with Gasteiger partial charge in [0.05, 0.1) is 8.07 Å². The molecular weight excluding hydrogens is 346 g/mol. The molecule has 2 fully saturated rings. The predicted molar refractivity (Wildman–Crippen MR) is 118 cm³/mol. The van der Waals surface area contributed by atoms with E-state index < -0.39 is 8.07 Å². The number of allylic oxidation sites excluding steroid dienone is 1. The van der Waals surface area contributed by atoms with Gasteiger partial charge >= 0.3 is 0 Å². The van der Waals surface area contributed by atoms with Crippen LogP contribution in [-0.4, -0.2) is 30.5 Å². The van der Waals surface area contributed by atoms with Crippen molar-refractivity contribution >= 4 is 14.0 Å². The first-order chi connectivity index (χ1) is 12.9. The summed E-state index contributed by atoms with van der Waals surface area (Å²) in [5.74, 6) is 0.656. The molecule has 0 aromatic heterocycles. The van der Waals surface area contributed by atoms with Gasteiger partial charge < -0.3 is 4.90 Å². The van der Waals surface area contributed by atoms with Crippen LogP contribution in [0.2, 0.25) is 25.2 Å². The largest absolute Gasteiger partial charge is 0.330 e. The highest BCUT2D eigenvalue weighted by Crippen LogP contribution is 2.50. The predicted octanol–water partition coefficient (Wildman–Crippen LogP) is 6.30. The molecule has 1 aliphatic carbocycles. The van der Waals surface area contributed by atoms with Crippen molar-refractivity contribution in [3.63, 3.8) is 0 Å². The molecule has 1 amide bonds. The fraction of sp³-hybridized carbons (Fsp3) is 0.542. The molecule has 1 saturated carbocycles. The highest BCUT2D eigenvalue weighted by molar-refractivity contribution is 6.78. The Kier molecular flexibility index (Phi) is 6.10. The van der Waals surface area contributed by atoms with E-state index in [-0.39, 0.29) is 11.4 Å². The van der Waals surface area contributed by atoms with Crippen LogP contribution in [0.3, 0.4) is 0 Å². The monoisotopic (exact) mass is 381 g/mol. The Morgan fingerprint density at radius 1 is 1.19 bits per heavy atom. The molecule has 3 rings (SSSR count). The summed E-state index contributed by atoms with van der Waals surface area (Å²) in [5.41, 5.74) is 0.816. The molecule has 0 bridgehead atoms. The van der Waals surface area contributed by atoms with E-state index in [1.54, 1.807) is 0 Å². The van der Waals surface area contributed by atoms with E-state index in [1.165, 1.54) is 25.3 Å². The zero-order valence-corrected chi connectivity index (χ0v) is 18.1. The molecule has 1 unspecified atom stereocenters. The Labute approximate surface area is 166 Å². The van der Waals surface area contributed by atoms with Crippen molar-refractivity contribution < 1.29 is 4.79 Å². The van der Waals surface area contributed by atoms with Gasteiger partial charge in [-0.1, -0.05) is 56.3 Å². The Morgan fingerprint density at radius 2 is 1.93 bits per heavy atom. The molecular formula is C24H35NOSi. The van der Waals surface area contributed by atoms with Crippen LogP contribution in [-0.2, 0) is 0 Å². The van der Waals surface area contributed by atoms with E-state index in [9.17, 15) is 4.79 Å². The van der Waals surface area contributed by atoms with Crippen LogP contribution in [0.1, 0.15) is 48.9 Å². The van der Waals surface area contributed by atoms with E-state index in [0.717, 1.165) is 30.9 Å². The minimum absolute atomic E-state index is 0.0176. The van der Waals surface area contributed by atoms with Crippen molar-refractivity contribution in [1.29, 1.82) is 0 Å². The fourth-order valence-corrected chi connectivity index (χ4v) is 8.23. The van der Waals surface area contributed by atoms with Gasteiger partial charge in [-0.2, -0.15) is 0 Å². The summed E-state index contributed by atoms with van der Waals surface area (Å²) in [5, 5.41) is 0. The number of nitrogens with zero attached hydrogens (tertiary/aromatic N) is 1. The lowest BCUT2D eigenvalue weighted by Crippen LogP contribution is -2.56. The van der Waals surface area contributed by atoms with E-state index in [1.807, 2.05) is 30.3 Å². The van der Waals surface area contributed by atoms with Crippen LogP contribution >= 0.6 is 0 Å². The standard InChI is InChI=1S/C24H35NOSi/c1-5-18-27(3,4)19-22-15-17-24(16-11-10-14-21(24)6-2)25(22)23(26)20-12-8-7-9-13-20/h5-9,12-13,21-22H,1-2,10-11,14-19H2,3-4H3/t21-,22?,24+/m1/s1. The summed E-state index contributed by atoms with van der Waals surface area (Å²) in [4.78, 5) is 16.1. The Morgan fingerprint density at radius 3 is 2.59 bits per heavy atom. The van der Waals surface area contributed by atoms with Crippen LogP contribution in [0.15, 0.2) is 55.6 Å². The van der Waals surface area contributed by atoms with Crippen LogP contribution in [0, 0.1) is 5.92 Å². The minimum Gasteiger partial charge on any atom is -0.330 e. The third-order valence-electron chi connectivity index (χ3n) is 6.83. The second-order valence-corrected chi connectivity index (χ2v) is 14.4. The number of hydrogen-bond acceptors (Lipinski definition) is 1. The number of likely N-dealkylation sites (tertiary alicyclic amines) is 1. The number of carbonyl (C=O) groups is 1. The molecule has 1 aromatic rings. The van der Waals surface area contributed by atoms with Crippen molar-refractivity contribution in [2.75, 3.05) is 0 Å². The van der Waals surface area contributed by atoms with Gasteiger partial charge in [-0.15, -0.1) is 13.2 Å². The first kappa shape index (κ1) is 20.1. The van der Waals surface area contributed by atoms with Gasteiger partial charge in [0, 0.05) is 17.1 Å². The minimum atomic E-state index is -1.41. The molecule has 0 N–H and O–H groups in total. The number of amides is 1. The average Bonchev–Trinajstić information content (AvgIpc) is 2.99. The summed E-state index contributed by atoms with van der Waals surface area (Å²) in [7, 11) is -1.41. The molecule has 1 aromatic carbocycles. The third-order valence-corrected chi connectivity index (χ3v) is 9.80. The van der Waals surface area contributed by atoms with Gasteiger partial charge in [0.1, 0.15) is 0 Å². The molecule has 3 heteroatoms. The van der Waals surface area contributed by atoms with E-state index in [0.29, 0.717) is 12.0 Å². The second-order valence-electron chi connectivity index (χ2n) is 9.29. The van der Waals surface area contributed by atoms with Gasteiger partial charge in [-0.25, -0.2) is 0 Å². The lowest BCUT2D eigenvalue weighted by molar-refractivity contribution is 0.0263. The molecule has 1 spiro atoms. The van der Waals surface area contributed by atoms with Crippen molar-refractivity contribution in [1.82, 2.24) is 4.90 Å². The zero-order valence-electron chi connectivity index (χ0n) is 17.1. The molecule has 2 aliphatic rings. The number of rotatable bonds is 6. The normalized spacial score (nSPS) is 28.3. The molecule has 0 radical (unpaired) electrons. The molecule has 1 aliphatic heterocycles. The lowest BCUT2D eigenvalue weighted by atomic mass is 9.71. The maximum absolute atomic E-state index is 13.7. The fourth-order valence-electron chi connectivity index (χ4n) is 5.62. The molecule has 146 valence electrons. The highest BCUT2D eigenvalue weighted by Gasteiger charge is 2.53. The van der Waals surface area contributed by atoms with Crippen molar-refractivity contribution in [3.8, 4) is 0 Å². The summed E-state index contributed by atoms with van der Waals surface area (Å²) < 4.78 is 0. The quantitative estimate of drug-likeness (QED) is 0.418. The molecule has 2 nitrogen and oxygen atoms in total. The molecule has 3 atom stereocenters. The number of hydrogen-bond donors (Lipinski definition) is 0. The Bertz CT molecular complexity index is 683. The van der Waals surface area contributed by atoms with Crippen molar-refractivity contribution in [2.45, 2.75) is 75.3 Å². The van der Waals surface area contributed by atoms with E-state index in [2.05, 4.69) is 43.3 Å². The van der Waals surface area contributed by atoms with E-state index in [4.69, 9.17) is 0 Å². The van der Waals surface area contributed by atoms with Crippen LogP contribution < -0.4 is 0 Å². The smallest absolute Gasteiger partial charge is 0.254 e. The third kappa shape index (κ3) is 3.98.